The van der Waals surface area contributed by atoms with Crippen LogP contribution in [-0.4, -0.2) is 53.6 Å². The van der Waals surface area contributed by atoms with Crippen LogP contribution >= 0.6 is 0 Å². The van der Waals surface area contributed by atoms with Crippen LogP contribution in [0.15, 0.2) is 48.2 Å². The van der Waals surface area contributed by atoms with Gasteiger partial charge in [-0.25, -0.2) is 4.98 Å². The van der Waals surface area contributed by atoms with Crippen molar-refractivity contribution in [2.75, 3.05) is 31.5 Å². The molecule has 5 aliphatic rings. The van der Waals surface area contributed by atoms with Gasteiger partial charge in [-0.2, -0.15) is 0 Å². The van der Waals surface area contributed by atoms with Gasteiger partial charge in [0.2, 0.25) is 0 Å². The molecule has 6 heteroatoms. The minimum Gasteiger partial charge on any atom is -0.455 e. The minimum absolute atomic E-state index is 0.00538. The number of ether oxygens (including phenoxy) is 1. The molecular weight excluding hydrogens is 414 g/mol. The summed E-state index contributed by atoms with van der Waals surface area (Å²) in [4.78, 5) is 30.8. The second-order valence-electron chi connectivity index (χ2n) is 10.5. The van der Waals surface area contributed by atoms with Crippen LogP contribution in [0.5, 0.6) is 0 Å². The molecule has 33 heavy (non-hydrogen) atoms. The number of quaternary nitrogens is 1. The van der Waals surface area contributed by atoms with Gasteiger partial charge in [-0.15, -0.1) is 0 Å². The molecule has 1 atom stereocenters. The quantitative estimate of drug-likeness (QED) is 0.396. The highest BCUT2D eigenvalue weighted by molar-refractivity contribution is 5.90. The van der Waals surface area contributed by atoms with Crippen molar-refractivity contribution in [2.24, 2.45) is 11.3 Å². The van der Waals surface area contributed by atoms with Crippen LogP contribution in [0.3, 0.4) is 0 Å². The van der Waals surface area contributed by atoms with E-state index < -0.39 is 5.41 Å². The van der Waals surface area contributed by atoms with Crippen LogP contribution in [0.4, 0.5) is 5.82 Å². The van der Waals surface area contributed by atoms with Crippen molar-refractivity contribution in [3.05, 3.63) is 48.2 Å². The van der Waals surface area contributed by atoms with Gasteiger partial charge in [-0.05, 0) is 37.0 Å². The molecule has 1 N–H and O–H groups in total. The van der Waals surface area contributed by atoms with E-state index in [1.54, 1.807) is 6.20 Å². The number of esters is 1. The molecule has 6 rings (SSSR count). The van der Waals surface area contributed by atoms with E-state index in [1.165, 1.54) is 18.4 Å². The predicted molar refractivity (Wildman–Crippen MR) is 127 cm³/mol. The van der Waals surface area contributed by atoms with Crippen molar-refractivity contribution >= 4 is 17.7 Å². The lowest BCUT2D eigenvalue weighted by Crippen LogP contribution is -2.66. The molecular formula is C27H36N3O3+. The maximum atomic E-state index is 13.8. The van der Waals surface area contributed by atoms with Crippen LogP contribution < -0.4 is 5.32 Å². The van der Waals surface area contributed by atoms with Crippen LogP contribution in [0.1, 0.15) is 57.8 Å². The topological polar surface area (TPSA) is 68.3 Å². The number of anilines is 1. The van der Waals surface area contributed by atoms with E-state index in [4.69, 9.17) is 4.74 Å². The van der Waals surface area contributed by atoms with Gasteiger partial charge in [0.1, 0.15) is 12.4 Å². The van der Waals surface area contributed by atoms with Crippen molar-refractivity contribution in [1.29, 1.82) is 0 Å². The van der Waals surface area contributed by atoms with E-state index in [-0.39, 0.29) is 18.0 Å². The number of nitrogens with zero attached hydrogens (tertiary/aromatic N) is 2. The van der Waals surface area contributed by atoms with E-state index in [2.05, 4.69) is 28.5 Å². The number of carbonyl (C=O) groups is 2. The number of hydrogen-bond acceptors (Lipinski definition) is 4. The van der Waals surface area contributed by atoms with Gasteiger partial charge >= 0.3 is 5.97 Å². The highest BCUT2D eigenvalue weighted by Crippen LogP contribution is 2.46. The van der Waals surface area contributed by atoms with Gasteiger partial charge in [0.05, 0.1) is 18.5 Å². The number of aromatic nitrogens is 1. The molecule has 4 fully saturated rings. The third-order valence-corrected chi connectivity index (χ3v) is 8.45. The number of nitrogens with one attached hydrogen (secondary N) is 1. The van der Waals surface area contributed by atoms with Crippen molar-refractivity contribution in [3.63, 3.8) is 0 Å². The zero-order chi connectivity index (χ0) is 22.7. The average Bonchev–Trinajstić information content (AvgIpc) is 3.25. The highest BCUT2D eigenvalue weighted by atomic mass is 16.5. The van der Waals surface area contributed by atoms with Crippen molar-refractivity contribution in [1.82, 2.24) is 4.98 Å². The zero-order valence-electron chi connectivity index (χ0n) is 19.5. The number of pyridine rings is 1. The first-order chi connectivity index (χ1) is 16.1. The van der Waals surface area contributed by atoms with E-state index in [9.17, 15) is 9.59 Å². The molecule has 2 aliphatic carbocycles. The van der Waals surface area contributed by atoms with Crippen LogP contribution in [0.2, 0.25) is 0 Å². The Kier molecular flexibility index (Phi) is 6.37. The first-order valence-electron chi connectivity index (χ1n) is 12.7. The molecule has 1 aromatic rings. The first-order valence-corrected chi connectivity index (χ1v) is 12.7. The Morgan fingerprint density at radius 2 is 1.91 bits per heavy atom. The molecule has 1 amide bonds. The minimum atomic E-state index is -0.451. The lowest BCUT2D eigenvalue weighted by Gasteiger charge is -2.52. The molecule has 1 saturated carbocycles. The van der Waals surface area contributed by atoms with Gasteiger partial charge in [-0.3, -0.25) is 9.59 Å². The van der Waals surface area contributed by atoms with Crippen LogP contribution in [0, 0.1) is 11.3 Å². The third kappa shape index (κ3) is 4.63. The Hall–Kier alpha value is -2.47. The van der Waals surface area contributed by atoms with Gasteiger partial charge in [-0.1, -0.05) is 50.0 Å². The maximum absolute atomic E-state index is 13.8. The lowest BCUT2D eigenvalue weighted by atomic mass is 9.73. The Bertz CT molecular complexity index is 923. The molecule has 0 spiro atoms. The van der Waals surface area contributed by atoms with Crippen LogP contribution in [0.25, 0.3) is 0 Å². The second kappa shape index (κ2) is 9.41. The summed E-state index contributed by atoms with van der Waals surface area (Å²) in [6.45, 7) is 3.13. The SMILES string of the molecule is O=C(C[N+]12CCC(CC1)[C@H](OC(=O)C1(C3=CC=CC3)CCCCCC1)C2)Nc1ccccn1. The summed E-state index contributed by atoms with van der Waals surface area (Å²) >= 11 is 0. The van der Waals surface area contributed by atoms with E-state index in [1.807, 2.05) is 18.2 Å². The number of carbonyl (C=O) groups excluding carboxylic acids is 2. The molecule has 6 nitrogen and oxygen atoms in total. The molecule has 2 bridgehead atoms. The fourth-order valence-electron chi connectivity index (χ4n) is 6.54. The summed E-state index contributed by atoms with van der Waals surface area (Å²) in [7, 11) is 0. The molecule has 1 aromatic heterocycles. The number of amides is 1. The van der Waals surface area contributed by atoms with E-state index in [0.717, 1.165) is 64.6 Å². The van der Waals surface area contributed by atoms with Crippen molar-refractivity contribution in [3.8, 4) is 0 Å². The first kappa shape index (κ1) is 22.3. The average molecular weight is 451 g/mol. The predicted octanol–water partition coefficient (Wildman–Crippen LogP) is 4.40. The van der Waals surface area contributed by atoms with E-state index in [0.29, 0.717) is 22.8 Å². The smallest absolute Gasteiger partial charge is 0.316 e. The largest absolute Gasteiger partial charge is 0.455 e. The molecule has 3 aliphatic heterocycles. The number of piperidine rings is 3. The number of rotatable bonds is 6. The van der Waals surface area contributed by atoms with Crippen molar-refractivity contribution in [2.45, 2.75) is 63.9 Å². The fourth-order valence-corrected chi connectivity index (χ4v) is 6.54. The molecule has 0 unspecified atom stereocenters. The summed E-state index contributed by atoms with van der Waals surface area (Å²) in [5, 5.41) is 2.94. The summed E-state index contributed by atoms with van der Waals surface area (Å²) in [5.74, 6) is 0.992. The van der Waals surface area contributed by atoms with Gasteiger partial charge in [0.25, 0.3) is 5.91 Å². The number of hydrogen-bond donors (Lipinski definition) is 1. The Labute approximate surface area is 196 Å². The van der Waals surface area contributed by atoms with Gasteiger partial charge < -0.3 is 14.5 Å². The second-order valence-corrected chi connectivity index (χ2v) is 10.5. The molecule has 4 heterocycles. The lowest BCUT2D eigenvalue weighted by molar-refractivity contribution is -0.939. The molecule has 3 saturated heterocycles. The molecule has 0 radical (unpaired) electrons. The Morgan fingerprint density at radius 1 is 1.12 bits per heavy atom. The zero-order valence-corrected chi connectivity index (χ0v) is 19.5. The normalized spacial score (nSPS) is 30.4. The van der Waals surface area contributed by atoms with Gasteiger partial charge in [0, 0.05) is 25.0 Å². The number of fused-ring (bicyclic) bond motifs is 3. The fraction of sp³-hybridized carbons (Fsp3) is 0.593. The summed E-state index contributed by atoms with van der Waals surface area (Å²) in [6, 6.07) is 5.52. The van der Waals surface area contributed by atoms with Crippen molar-refractivity contribution < 1.29 is 18.8 Å². The molecule has 0 aromatic carbocycles. The highest BCUT2D eigenvalue weighted by Gasteiger charge is 2.51. The van der Waals surface area contributed by atoms with Gasteiger partial charge in [0.15, 0.2) is 12.6 Å². The monoisotopic (exact) mass is 450 g/mol. The summed E-state index contributed by atoms with van der Waals surface area (Å²) in [5.41, 5.74) is 0.794. The molecule has 176 valence electrons. The number of allylic oxidation sites excluding steroid dienone is 3. The summed E-state index contributed by atoms with van der Waals surface area (Å²) < 4.78 is 7.11. The Morgan fingerprint density at radius 3 is 2.58 bits per heavy atom. The Balaban J connectivity index is 1.27. The standard InChI is InChI=1S/C27H35N3O3/c31-25(29-24-11-5-8-16-28-24)20-30-17-12-21(13-18-30)23(19-30)33-26(32)27(22-9-3-4-10-22)14-6-1-2-7-15-27/h3-5,8-9,11,16,21,23H,1-2,6-7,10,12-15,17-20H2/p+1/t21?,23-,30?/m1/s1. The van der Waals surface area contributed by atoms with Crippen LogP contribution in [-0.2, 0) is 14.3 Å². The maximum Gasteiger partial charge on any atom is 0.316 e. The third-order valence-electron chi connectivity index (χ3n) is 8.45. The summed E-state index contributed by atoms with van der Waals surface area (Å²) in [6.07, 6.45) is 17.3. The van der Waals surface area contributed by atoms with E-state index >= 15 is 0 Å².